The van der Waals surface area contributed by atoms with E-state index in [1.807, 2.05) is 24.3 Å². The molecule has 1 aliphatic heterocycles. The van der Waals surface area contributed by atoms with Gasteiger partial charge in [0.1, 0.15) is 6.61 Å². The van der Waals surface area contributed by atoms with E-state index >= 15 is 0 Å². The molecule has 2 aromatic carbocycles. The van der Waals surface area contributed by atoms with Crippen molar-refractivity contribution in [1.82, 2.24) is 4.90 Å². The minimum absolute atomic E-state index is 0.0697. The van der Waals surface area contributed by atoms with E-state index in [-0.39, 0.29) is 5.56 Å². The van der Waals surface area contributed by atoms with Gasteiger partial charge >= 0.3 is 12.3 Å². The summed E-state index contributed by atoms with van der Waals surface area (Å²) in [4.78, 5) is 13.4. The summed E-state index contributed by atoms with van der Waals surface area (Å²) in [6, 6.07) is 12.6. The van der Waals surface area contributed by atoms with Gasteiger partial charge in [0.15, 0.2) is 0 Å². The van der Waals surface area contributed by atoms with Gasteiger partial charge in [0, 0.05) is 11.8 Å². The molecule has 3 rings (SSSR count). The fourth-order valence-corrected chi connectivity index (χ4v) is 2.52. The number of ether oxygens (including phenoxy) is 1. The minimum atomic E-state index is -4.48. The summed E-state index contributed by atoms with van der Waals surface area (Å²) in [7, 11) is 0. The predicted molar refractivity (Wildman–Crippen MR) is 82.6 cm³/mol. The first-order chi connectivity index (χ1) is 11.4. The van der Waals surface area contributed by atoms with E-state index in [1.165, 1.54) is 23.1 Å². The van der Waals surface area contributed by atoms with Gasteiger partial charge in [-0.15, -0.1) is 0 Å². The van der Waals surface area contributed by atoms with Crippen molar-refractivity contribution < 1.29 is 22.7 Å². The molecule has 2 aromatic rings. The maximum Gasteiger partial charge on any atom is 0.416 e. The average molecular weight is 333 g/mol. The number of amides is 1. The molecular weight excluding hydrogens is 319 g/mol. The lowest BCUT2D eigenvalue weighted by Crippen LogP contribution is -2.28. The molecule has 0 radical (unpaired) electrons. The number of carbonyl (C=O) groups is 1. The standard InChI is InChI=1S/C18H14F3NO2/c19-18(20,21)16-8-4-3-7-15(16)12-24-17(23)22-10-9-13-5-1-2-6-14(13)11-22/h1-10H,11-12H2. The van der Waals surface area contributed by atoms with Crippen molar-refractivity contribution in [2.75, 3.05) is 0 Å². The quantitative estimate of drug-likeness (QED) is 0.788. The Labute approximate surface area is 137 Å². The third kappa shape index (κ3) is 3.42. The minimum Gasteiger partial charge on any atom is -0.444 e. The molecule has 0 fully saturated rings. The molecule has 124 valence electrons. The monoisotopic (exact) mass is 333 g/mol. The van der Waals surface area contributed by atoms with Gasteiger partial charge in [-0.05, 0) is 23.3 Å². The predicted octanol–water partition coefficient (Wildman–Crippen LogP) is 4.83. The van der Waals surface area contributed by atoms with Crippen LogP contribution in [-0.4, -0.2) is 11.0 Å². The topological polar surface area (TPSA) is 29.5 Å². The normalized spacial score (nSPS) is 13.5. The number of hydrogen-bond donors (Lipinski definition) is 0. The molecule has 3 nitrogen and oxygen atoms in total. The first-order valence-corrected chi connectivity index (χ1v) is 7.30. The van der Waals surface area contributed by atoms with E-state index in [9.17, 15) is 18.0 Å². The lowest BCUT2D eigenvalue weighted by atomic mass is 10.0. The molecule has 0 saturated carbocycles. The highest BCUT2D eigenvalue weighted by Crippen LogP contribution is 2.32. The van der Waals surface area contributed by atoms with E-state index in [0.717, 1.165) is 17.2 Å². The van der Waals surface area contributed by atoms with Gasteiger partial charge in [-0.3, -0.25) is 4.90 Å². The van der Waals surface area contributed by atoms with Crippen molar-refractivity contribution in [3.63, 3.8) is 0 Å². The SMILES string of the molecule is O=C(OCc1ccccc1C(F)(F)F)N1C=Cc2ccccc2C1. The van der Waals surface area contributed by atoms with Crippen molar-refractivity contribution in [2.24, 2.45) is 0 Å². The van der Waals surface area contributed by atoms with Crippen LogP contribution in [0.2, 0.25) is 0 Å². The molecule has 1 heterocycles. The van der Waals surface area contributed by atoms with Gasteiger partial charge < -0.3 is 4.74 Å². The Morgan fingerprint density at radius 2 is 1.79 bits per heavy atom. The van der Waals surface area contributed by atoms with Gasteiger partial charge in [0.05, 0.1) is 12.1 Å². The molecule has 0 atom stereocenters. The molecule has 0 bridgehead atoms. The van der Waals surface area contributed by atoms with Crippen LogP contribution >= 0.6 is 0 Å². The molecule has 0 spiro atoms. The van der Waals surface area contributed by atoms with Crippen LogP contribution in [0.25, 0.3) is 6.08 Å². The first-order valence-electron chi connectivity index (χ1n) is 7.30. The Bertz CT molecular complexity index is 784. The Morgan fingerprint density at radius 3 is 2.58 bits per heavy atom. The van der Waals surface area contributed by atoms with Crippen LogP contribution in [0.3, 0.4) is 0 Å². The number of benzene rings is 2. The Balaban J connectivity index is 1.68. The number of hydrogen-bond acceptors (Lipinski definition) is 2. The van der Waals surface area contributed by atoms with Crippen molar-refractivity contribution in [2.45, 2.75) is 19.3 Å². The van der Waals surface area contributed by atoms with Crippen LogP contribution in [0, 0.1) is 0 Å². The zero-order valence-corrected chi connectivity index (χ0v) is 12.6. The second-order valence-corrected chi connectivity index (χ2v) is 5.35. The van der Waals surface area contributed by atoms with E-state index in [4.69, 9.17) is 4.74 Å². The molecule has 0 aliphatic carbocycles. The van der Waals surface area contributed by atoms with Gasteiger partial charge in [-0.2, -0.15) is 13.2 Å². The number of nitrogens with zero attached hydrogens (tertiary/aromatic N) is 1. The maximum atomic E-state index is 12.9. The zero-order chi connectivity index (χ0) is 17.2. The lowest BCUT2D eigenvalue weighted by Gasteiger charge is -2.23. The Kier molecular flexibility index (Phi) is 4.29. The molecular formula is C18H14F3NO2. The summed E-state index contributed by atoms with van der Waals surface area (Å²) in [6.07, 6.45) is -1.82. The fraction of sp³-hybridized carbons (Fsp3) is 0.167. The smallest absolute Gasteiger partial charge is 0.416 e. The summed E-state index contributed by atoms with van der Waals surface area (Å²) in [5.74, 6) is 0. The van der Waals surface area contributed by atoms with E-state index in [2.05, 4.69) is 0 Å². The molecule has 0 aromatic heterocycles. The molecule has 0 unspecified atom stereocenters. The summed E-state index contributed by atoms with van der Waals surface area (Å²) in [6.45, 7) is -0.104. The number of fused-ring (bicyclic) bond motifs is 1. The second kappa shape index (κ2) is 6.39. The molecule has 1 aliphatic rings. The third-order valence-corrected chi connectivity index (χ3v) is 3.74. The largest absolute Gasteiger partial charge is 0.444 e. The van der Waals surface area contributed by atoms with E-state index < -0.39 is 24.4 Å². The summed E-state index contributed by atoms with van der Waals surface area (Å²) >= 11 is 0. The zero-order valence-electron chi connectivity index (χ0n) is 12.6. The highest BCUT2D eigenvalue weighted by molar-refractivity contribution is 5.72. The number of alkyl halides is 3. The number of halogens is 3. The number of rotatable bonds is 2. The van der Waals surface area contributed by atoms with Crippen LogP contribution in [0.5, 0.6) is 0 Å². The molecule has 24 heavy (non-hydrogen) atoms. The first kappa shape index (κ1) is 16.1. The maximum absolute atomic E-state index is 12.9. The molecule has 0 N–H and O–H groups in total. The van der Waals surface area contributed by atoms with Crippen LogP contribution in [0.1, 0.15) is 22.3 Å². The van der Waals surface area contributed by atoms with Crippen LogP contribution < -0.4 is 0 Å². The summed E-state index contributed by atoms with van der Waals surface area (Å²) < 4.78 is 43.8. The van der Waals surface area contributed by atoms with Gasteiger partial charge in [-0.1, -0.05) is 42.5 Å². The van der Waals surface area contributed by atoms with E-state index in [1.54, 1.807) is 12.3 Å². The van der Waals surface area contributed by atoms with Gasteiger partial charge in [0.25, 0.3) is 0 Å². The highest BCUT2D eigenvalue weighted by atomic mass is 19.4. The third-order valence-electron chi connectivity index (χ3n) is 3.74. The van der Waals surface area contributed by atoms with Crippen LogP contribution in [0.15, 0.2) is 54.7 Å². The van der Waals surface area contributed by atoms with Crippen molar-refractivity contribution in [3.05, 3.63) is 77.0 Å². The van der Waals surface area contributed by atoms with Crippen LogP contribution in [-0.2, 0) is 24.1 Å². The van der Waals surface area contributed by atoms with Crippen molar-refractivity contribution in [1.29, 1.82) is 0 Å². The average Bonchev–Trinajstić information content (AvgIpc) is 2.58. The Hall–Kier alpha value is -2.76. The van der Waals surface area contributed by atoms with Gasteiger partial charge in [0.2, 0.25) is 0 Å². The van der Waals surface area contributed by atoms with Crippen molar-refractivity contribution in [3.8, 4) is 0 Å². The Morgan fingerprint density at radius 1 is 1.08 bits per heavy atom. The second-order valence-electron chi connectivity index (χ2n) is 5.35. The molecule has 0 saturated heterocycles. The lowest BCUT2D eigenvalue weighted by molar-refractivity contribution is -0.138. The van der Waals surface area contributed by atoms with Crippen LogP contribution in [0.4, 0.5) is 18.0 Å². The van der Waals surface area contributed by atoms with Crippen molar-refractivity contribution >= 4 is 12.2 Å². The summed E-state index contributed by atoms with van der Waals surface area (Å²) in [5, 5.41) is 0. The molecule has 1 amide bonds. The highest BCUT2D eigenvalue weighted by Gasteiger charge is 2.33. The molecule has 6 heteroatoms. The summed E-state index contributed by atoms with van der Waals surface area (Å²) in [5.41, 5.74) is 1.09. The van der Waals surface area contributed by atoms with Gasteiger partial charge in [-0.25, -0.2) is 4.79 Å². The van der Waals surface area contributed by atoms with E-state index in [0.29, 0.717) is 6.54 Å². The number of carbonyl (C=O) groups excluding carboxylic acids is 1. The fourth-order valence-electron chi connectivity index (χ4n) is 2.52.